The number of benzene rings is 1. The maximum atomic E-state index is 14.1. The van der Waals surface area contributed by atoms with Gasteiger partial charge in [0.15, 0.2) is 0 Å². The van der Waals surface area contributed by atoms with Crippen LogP contribution in [0.4, 0.5) is 9.18 Å². The summed E-state index contributed by atoms with van der Waals surface area (Å²) in [5.41, 5.74) is -2.30. The second-order valence-electron chi connectivity index (χ2n) is 13.1. The first kappa shape index (κ1) is 33.6. The number of carboxylic acids is 1. The average molecular weight is 677 g/mol. The Kier molecular flexibility index (Phi) is 9.65. The molecule has 1 aliphatic carbocycles. The highest BCUT2D eigenvalue weighted by Gasteiger charge is 2.61. The van der Waals surface area contributed by atoms with Crippen molar-refractivity contribution >= 4 is 62.8 Å². The van der Waals surface area contributed by atoms with Crippen LogP contribution < -0.4 is 16.0 Å². The second kappa shape index (κ2) is 13.2. The monoisotopic (exact) mass is 676 g/mol. The number of thiophene rings is 1. The molecule has 0 unspecified atom stereocenters. The van der Waals surface area contributed by atoms with E-state index in [4.69, 9.17) is 16.3 Å². The molecule has 5 rings (SSSR count). The van der Waals surface area contributed by atoms with Crippen LogP contribution in [0, 0.1) is 11.7 Å². The van der Waals surface area contributed by atoms with Crippen LogP contribution in [-0.2, 0) is 19.1 Å². The van der Waals surface area contributed by atoms with Crippen molar-refractivity contribution in [2.45, 2.75) is 95.0 Å². The summed E-state index contributed by atoms with van der Waals surface area (Å²) in [6, 6.07) is 1.18. The van der Waals surface area contributed by atoms with E-state index in [9.17, 15) is 33.5 Å². The highest BCUT2D eigenvalue weighted by Crippen LogP contribution is 2.45. The molecule has 4 amide bonds. The number of allylic oxidation sites excluding steroid dienone is 1. The molecule has 1 aromatic carbocycles. The maximum absolute atomic E-state index is 14.1. The minimum absolute atomic E-state index is 0.00415. The zero-order valence-electron chi connectivity index (χ0n) is 25.9. The van der Waals surface area contributed by atoms with E-state index in [0.29, 0.717) is 29.3 Å². The van der Waals surface area contributed by atoms with Gasteiger partial charge in [-0.05, 0) is 71.1 Å². The summed E-state index contributed by atoms with van der Waals surface area (Å²) in [4.78, 5) is 67.8. The molecule has 0 spiro atoms. The SMILES string of the molecule is CC(C)(C)OC(=O)N[C@H]1CCCCC/C=C\[C@H]2C[C@@]2(C(=O)O)NC(=O)[C@@H]2C[C@@H](NC(=O)c3sc4cc(F)ccc4c3Cl)CN2C1=O. The van der Waals surface area contributed by atoms with Crippen molar-refractivity contribution in [3.8, 4) is 0 Å². The molecule has 2 fully saturated rings. The lowest BCUT2D eigenvalue weighted by molar-refractivity contribution is -0.145. The number of ether oxygens (including phenoxy) is 1. The molecule has 248 valence electrons. The third-order valence-corrected chi connectivity index (χ3v) is 10.1. The number of carboxylic acid groups (broad SMARTS) is 1. The quantitative estimate of drug-likeness (QED) is 0.340. The molecule has 2 aromatic rings. The van der Waals surface area contributed by atoms with Gasteiger partial charge in [-0.1, -0.05) is 36.6 Å². The molecule has 11 nitrogen and oxygen atoms in total. The largest absolute Gasteiger partial charge is 0.479 e. The Morgan fingerprint density at radius 2 is 1.93 bits per heavy atom. The third kappa shape index (κ3) is 7.30. The normalized spacial score (nSPS) is 27.8. The van der Waals surface area contributed by atoms with Gasteiger partial charge < -0.3 is 30.7 Å². The Morgan fingerprint density at radius 3 is 2.65 bits per heavy atom. The van der Waals surface area contributed by atoms with Gasteiger partial charge in [0.2, 0.25) is 11.8 Å². The average Bonchev–Trinajstić information content (AvgIpc) is 3.33. The van der Waals surface area contributed by atoms with E-state index in [1.54, 1.807) is 20.8 Å². The summed E-state index contributed by atoms with van der Waals surface area (Å²) in [5, 5.41) is 19.0. The lowest BCUT2D eigenvalue weighted by Crippen LogP contribution is -2.56. The molecule has 14 heteroatoms. The molecule has 2 aliphatic heterocycles. The summed E-state index contributed by atoms with van der Waals surface area (Å²) in [7, 11) is 0. The number of amides is 4. The van der Waals surface area contributed by atoms with Crippen LogP contribution in [0.2, 0.25) is 5.02 Å². The van der Waals surface area contributed by atoms with Gasteiger partial charge in [0, 0.05) is 28.6 Å². The predicted octanol–water partition coefficient (Wildman–Crippen LogP) is 4.77. The summed E-state index contributed by atoms with van der Waals surface area (Å²) in [5.74, 6) is -3.77. The fourth-order valence-electron chi connectivity index (χ4n) is 6.09. The van der Waals surface area contributed by atoms with E-state index in [0.717, 1.165) is 24.2 Å². The molecule has 1 saturated carbocycles. The maximum Gasteiger partial charge on any atom is 0.408 e. The Morgan fingerprint density at radius 1 is 1.17 bits per heavy atom. The van der Waals surface area contributed by atoms with Crippen LogP contribution >= 0.6 is 22.9 Å². The van der Waals surface area contributed by atoms with E-state index < -0.39 is 64.9 Å². The molecule has 0 bridgehead atoms. The summed E-state index contributed by atoms with van der Waals surface area (Å²) >= 11 is 7.49. The smallest absolute Gasteiger partial charge is 0.408 e. The number of carbonyl (C=O) groups excluding carboxylic acids is 4. The lowest BCUT2D eigenvalue weighted by Gasteiger charge is -2.30. The Hall–Kier alpha value is -3.71. The van der Waals surface area contributed by atoms with E-state index in [-0.39, 0.29) is 35.2 Å². The Bertz CT molecular complexity index is 1590. The van der Waals surface area contributed by atoms with Crippen molar-refractivity contribution < 1.29 is 38.2 Å². The van der Waals surface area contributed by atoms with Crippen molar-refractivity contribution in [1.29, 1.82) is 0 Å². The van der Waals surface area contributed by atoms with Gasteiger partial charge >= 0.3 is 12.1 Å². The van der Waals surface area contributed by atoms with E-state index in [1.807, 2.05) is 12.2 Å². The van der Waals surface area contributed by atoms with Crippen LogP contribution in [0.1, 0.15) is 75.4 Å². The number of nitrogens with one attached hydrogen (secondary N) is 3. The van der Waals surface area contributed by atoms with Gasteiger partial charge in [0.05, 0.1) is 5.02 Å². The summed E-state index contributed by atoms with van der Waals surface area (Å²) in [6.07, 6.45) is 6.36. The van der Waals surface area contributed by atoms with E-state index in [2.05, 4.69) is 16.0 Å². The molecule has 4 N–H and O–H groups in total. The summed E-state index contributed by atoms with van der Waals surface area (Å²) < 4.78 is 19.7. The summed E-state index contributed by atoms with van der Waals surface area (Å²) in [6.45, 7) is 5.04. The van der Waals surface area contributed by atoms with Crippen LogP contribution in [0.5, 0.6) is 0 Å². The van der Waals surface area contributed by atoms with Crippen LogP contribution in [0.25, 0.3) is 10.1 Å². The van der Waals surface area contributed by atoms with Crippen LogP contribution in [0.3, 0.4) is 0 Å². The molecule has 3 heterocycles. The zero-order chi connectivity index (χ0) is 33.4. The Balaban J connectivity index is 1.42. The highest BCUT2D eigenvalue weighted by molar-refractivity contribution is 7.21. The first-order valence-corrected chi connectivity index (χ1v) is 16.6. The standard InChI is InChI=1S/C32H38ClFN4O7S/c1-31(2,3)45-30(44)36-21-10-8-6-4-5-7-9-17-15-32(17,29(42)43)37-26(39)22-14-19(16-38(22)28(21)41)35-27(40)25-24(33)20-12-11-18(34)13-23(20)46-25/h7,9,11-13,17,19,21-22H,4-6,8,10,14-16H2,1-3H3,(H,35,40)(H,36,44)(H,37,39)(H,42,43)/b9-7-/t17-,19+,21-,22-,32+/m0/s1. The second-order valence-corrected chi connectivity index (χ2v) is 14.6. The van der Waals surface area contributed by atoms with Gasteiger partial charge in [-0.15, -0.1) is 11.3 Å². The molecule has 1 saturated heterocycles. The van der Waals surface area contributed by atoms with Gasteiger partial charge in [0.1, 0.15) is 33.9 Å². The van der Waals surface area contributed by atoms with Crippen molar-refractivity contribution in [1.82, 2.24) is 20.9 Å². The first-order chi connectivity index (χ1) is 21.7. The van der Waals surface area contributed by atoms with Crippen molar-refractivity contribution in [2.24, 2.45) is 5.92 Å². The van der Waals surface area contributed by atoms with Crippen LogP contribution in [-0.4, -0.2) is 75.6 Å². The number of fused-ring (bicyclic) bond motifs is 3. The first-order valence-electron chi connectivity index (χ1n) is 15.4. The number of carbonyl (C=O) groups is 5. The molecule has 0 radical (unpaired) electrons. The number of hydrogen-bond donors (Lipinski definition) is 4. The van der Waals surface area contributed by atoms with E-state index >= 15 is 0 Å². The lowest BCUT2D eigenvalue weighted by atomic mass is 10.0. The molecule has 3 aliphatic rings. The number of rotatable bonds is 4. The molecule has 5 atom stereocenters. The fraction of sp³-hybridized carbons (Fsp3) is 0.531. The predicted molar refractivity (Wildman–Crippen MR) is 170 cm³/mol. The van der Waals surface area contributed by atoms with Gasteiger partial charge in [0.25, 0.3) is 5.91 Å². The van der Waals surface area contributed by atoms with Crippen molar-refractivity contribution in [3.05, 3.63) is 46.1 Å². The molecule has 46 heavy (non-hydrogen) atoms. The number of aliphatic carboxylic acids is 1. The third-order valence-electron chi connectivity index (χ3n) is 8.48. The molecular weight excluding hydrogens is 639 g/mol. The van der Waals surface area contributed by atoms with Crippen molar-refractivity contribution in [3.63, 3.8) is 0 Å². The topological polar surface area (TPSA) is 154 Å². The number of nitrogens with zero attached hydrogens (tertiary/aromatic N) is 1. The molecule has 1 aromatic heterocycles. The van der Waals surface area contributed by atoms with Crippen LogP contribution in [0.15, 0.2) is 30.4 Å². The number of alkyl carbamates (subject to hydrolysis) is 1. The number of hydrogen-bond acceptors (Lipinski definition) is 7. The highest BCUT2D eigenvalue weighted by atomic mass is 35.5. The Labute approximate surface area is 274 Å². The fourth-order valence-corrected chi connectivity index (χ4v) is 7.54. The minimum atomic E-state index is -1.49. The number of halogens is 2. The minimum Gasteiger partial charge on any atom is -0.479 e. The zero-order valence-corrected chi connectivity index (χ0v) is 27.4. The van der Waals surface area contributed by atoms with Crippen molar-refractivity contribution in [2.75, 3.05) is 6.54 Å². The molecular formula is C32H38ClFN4O7S. The van der Waals surface area contributed by atoms with Gasteiger partial charge in [-0.2, -0.15) is 0 Å². The van der Waals surface area contributed by atoms with E-state index in [1.165, 1.54) is 23.1 Å². The van der Waals surface area contributed by atoms with Gasteiger partial charge in [-0.3, -0.25) is 14.4 Å². The van der Waals surface area contributed by atoms with Gasteiger partial charge in [-0.25, -0.2) is 14.0 Å².